The van der Waals surface area contributed by atoms with E-state index in [2.05, 4.69) is 29.9 Å². The van der Waals surface area contributed by atoms with Gasteiger partial charge in [-0.25, -0.2) is 22.5 Å². The lowest BCUT2D eigenvalue weighted by Crippen LogP contribution is -2.21. The van der Waals surface area contributed by atoms with E-state index >= 15 is 0 Å². The molecule has 0 bridgehead atoms. The topological polar surface area (TPSA) is 118 Å². The van der Waals surface area contributed by atoms with Crippen LogP contribution in [0.3, 0.4) is 0 Å². The molecule has 34 heavy (non-hydrogen) atoms. The first-order valence-electron chi connectivity index (χ1n) is 10.3. The number of aromatic amines is 1. The highest BCUT2D eigenvalue weighted by molar-refractivity contribution is 7.88. The maximum Gasteiger partial charge on any atom is 0.209 e. The molecule has 1 aromatic carbocycles. The first kappa shape index (κ1) is 21.9. The summed E-state index contributed by atoms with van der Waals surface area (Å²) in [4.78, 5) is 13.2. The van der Waals surface area contributed by atoms with E-state index in [0.29, 0.717) is 22.8 Å². The van der Waals surface area contributed by atoms with Crippen LogP contribution < -0.4 is 4.72 Å². The number of H-pyrrole nitrogens is 1. The SMILES string of the molecule is Cc1ccncc1-c1cc2c(-c3nccn3-c3cc(F)cc(CNS(C)(=O)=O)c3)n[nH]c2cn1. The van der Waals surface area contributed by atoms with E-state index in [9.17, 15) is 12.8 Å². The third kappa shape index (κ3) is 4.30. The van der Waals surface area contributed by atoms with Crippen molar-refractivity contribution in [3.05, 3.63) is 78.3 Å². The lowest BCUT2D eigenvalue weighted by atomic mass is 10.1. The highest BCUT2D eigenvalue weighted by Gasteiger charge is 2.17. The van der Waals surface area contributed by atoms with Crippen LogP contribution in [0.15, 0.2) is 61.3 Å². The van der Waals surface area contributed by atoms with Crippen LogP contribution in [0.5, 0.6) is 0 Å². The smallest absolute Gasteiger partial charge is 0.209 e. The fourth-order valence-electron chi connectivity index (χ4n) is 3.74. The highest BCUT2D eigenvalue weighted by atomic mass is 32.2. The molecule has 0 amide bonds. The van der Waals surface area contributed by atoms with E-state index in [1.165, 1.54) is 12.1 Å². The fraction of sp³-hybridized carbons (Fsp3) is 0.130. The molecule has 4 aromatic heterocycles. The largest absolute Gasteiger partial charge is 0.298 e. The Bertz CT molecular complexity index is 1630. The number of nitrogens with one attached hydrogen (secondary N) is 2. The average molecular weight is 478 g/mol. The monoisotopic (exact) mass is 477 g/mol. The van der Waals surface area contributed by atoms with Crippen LogP contribution in [0.2, 0.25) is 0 Å². The van der Waals surface area contributed by atoms with E-state index in [1.54, 1.807) is 41.6 Å². The Morgan fingerprint density at radius 3 is 2.76 bits per heavy atom. The number of rotatable bonds is 6. The molecule has 4 heterocycles. The number of halogens is 1. The molecule has 0 atom stereocenters. The number of aryl methyl sites for hydroxylation is 1. The summed E-state index contributed by atoms with van der Waals surface area (Å²) >= 11 is 0. The van der Waals surface area contributed by atoms with Gasteiger partial charge in [0.2, 0.25) is 10.0 Å². The predicted octanol–water partition coefficient (Wildman–Crippen LogP) is 3.37. The van der Waals surface area contributed by atoms with Crippen molar-refractivity contribution in [2.45, 2.75) is 13.5 Å². The zero-order chi connectivity index (χ0) is 23.9. The Hall–Kier alpha value is -3.96. The summed E-state index contributed by atoms with van der Waals surface area (Å²) in [5.41, 5.74) is 4.98. The lowest BCUT2D eigenvalue weighted by Gasteiger charge is -2.10. The molecule has 9 nitrogen and oxygen atoms in total. The molecule has 11 heteroatoms. The average Bonchev–Trinajstić information content (AvgIpc) is 3.43. The molecule has 0 aliphatic heterocycles. The van der Waals surface area contributed by atoms with Gasteiger partial charge >= 0.3 is 0 Å². The first-order chi connectivity index (χ1) is 16.3. The van der Waals surface area contributed by atoms with Gasteiger partial charge in [-0.2, -0.15) is 5.10 Å². The minimum atomic E-state index is -3.42. The van der Waals surface area contributed by atoms with Crippen molar-refractivity contribution in [3.8, 4) is 28.5 Å². The van der Waals surface area contributed by atoms with Gasteiger partial charge in [-0.15, -0.1) is 0 Å². The zero-order valence-corrected chi connectivity index (χ0v) is 19.1. The molecule has 0 fully saturated rings. The van der Waals surface area contributed by atoms with Gasteiger partial charge in [0.25, 0.3) is 0 Å². The third-order valence-corrected chi connectivity index (χ3v) is 6.04. The van der Waals surface area contributed by atoms with Gasteiger partial charge in [-0.05, 0) is 48.4 Å². The molecule has 0 radical (unpaired) electrons. The van der Waals surface area contributed by atoms with Gasteiger partial charge in [0.15, 0.2) is 5.82 Å². The van der Waals surface area contributed by atoms with Gasteiger partial charge in [-0.3, -0.25) is 19.6 Å². The summed E-state index contributed by atoms with van der Waals surface area (Å²) in [5, 5.41) is 8.22. The summed E-state index contributed by atoms with van der Waals surface area (Å²) in [7, 11) is -3.42. The van der Waals surface area contributed by atoms with Crippen molar-refractivity contribution in [1.82, 2.24) is 34.4 Å². The van der Waals surface area contributed by atoms with Crippen LogP contribution >= 0.6 is 0 Å². The Kier molecular flexibility index (Phi) is 5.42. The Morgan fingerprint density at radius 2 is 1.97 bits per heavy atom. The summed E-state index contributed by atoms with van der Waals surface area (Å²) in [5.74, 6) is 0.00630. The maximum absolute atomic E-state index is 14.4. The zero-order valence-electron chi connectivity index (χ0n) is 18.3. The Balaban J connectivity index is 1.59. The van der Waals surface area contributed by atoms with E-state index in [1.807, 2.05) is 19.1 Å². The second-order valence-corrected chi connectivity index (χ2v) is 9.74. The van der Waals surface area contributed by atoms with Crippen LogP contribution in [0.1, 0.15) is 11.1 Å². The van der Waals surface area contributed by atoms with Crippen molar-refractivity contribution in [1.29, 1.82) is 0 Å². The molecular weight excluding hydrogens is 457 g/mol. The molecule has 0 aliphatic carbocycles. The predicted molar refractivity (Wildman–Crippen MR) is 126 cm³/mol. The maximum atomic E-state index is 14.4. The van der Waals surface area contributed by atoms with Gasteiger partial charge in [0.05, 0.1) is 29.4 Å². The van der Waals surface area contributed by atoms with E-state index in [4.69, 9.17) is 0 Å². The molecule has 172 valence electrons. The summed E-state index contributed by atoms with van der Waals surface area (Å²) in [6, 6.07) is 8.19. The molecule has 0 aliphatic rings. The summed E-state index contributed by atoms with van der Waals surface area (Å²) in [6.07, 6.45) is 9.56. The first-order valence-corrected chi connectivity index (χ1v) is 12.2. The molecule has 0 saturated carbocycles. The van der Waals surface area contributed by atoms with Crippen molar-refractivity contribution >= 4 is 20.9 Å². The molecular formula is C23H20FN7O2S. The van der Waals surface area contributed by atoms with Gasteiger partial charge in [-0.1, -0.05) is 0 Å². The van der Waals surface area contributed by atoms with Crippen LogP contribution in [0, 0.1) is 12.7 Å². The quantitative estimate of drug-likeness (QED) is 0.387. The van der Waals surface area contributed by atoms with Crippen LogP contribution in [0.25, 0.3) is 39.4 Å². The molecule has 0 unspecified atom stereocenters. The number of pyridine rings is 2. The summed E-state index contributed by atoms with van der Waals surface area (Å²) < 4.78 is 41.4. The van der Waals surface area contributed by atoms with Gasteiger partial charge < -0.3 is 0 Å². The van der Waals surface area contributed by atoms with Crippen LogP contribution in [-0.2, 0) is 16.6 Å². The number of sulfonamides is 1. The number of nitrogens with zero attached hydrogens (tertiary/aromatic N) is 5. The second kappa shape index (κ2) is 8.43. The molecule has 0 saturated heterocycles. The fourth-order valence-corrected chi connectivity index (χ4v) is 4.17. The molecule has 5 aromatic rings. The standard InChI is InChI=1S/C23H20FN7O2S/c1-14-3-4-25-12-19(14)20-10-18-21(13-27-20)29-30-22(18)23-26-5-6-31(23)17-8-15(7-16(24)9-17)11-28-34(2,32)33/h3-10,12-13,28H,11H2,1-2H3,(H,29,30). The minimum absolute atomic E-state index is 0.0293. The molecule has 0 spiro atoms. The van der Waals surface area contributed by atoms with Crippen molar-refractivity contribution in [3.63, 3.8) is 0 Å². The van der Waals surface area contributed by atoms with Crippen LogP contribution in [-0.4, -0.2) is 44.4 Å². The van der Waals surface area contributed by atoms with E-state index in [0.717, 1.165) is 34.0 Å². The number of hydrogen-bond donors (Lipinski definition) is 2. The number of benzene rings is 1. The number of hydrogen-bond acceptors (Lipinski definition) is 6. The lowest BCUT2D eigenvalue weighted by molar-refractivity contribution is 0.586. The van der Waals surface area contributed by atoms with Crippen molar-refractivity contribution in [2.75, 3.05) is 6.26 Å². The van der Waals surface area contributed by atoms with Crippen molar-refractivity contribution < 1.29 is 12.8 Å². The summed E-state index contributed by atoms with van der Waals surface area (Å²) in [6.45, 7) is 1.96. The second-order valence-electron chi connectivity index (χ2n) is 7.91. The number of imidazole rings is 1. The number of aromatic nitrogens is 6. The van der Waals surface area contributed by atoms with Crippen LogP contribution in [0.4, 0.5) is 4.39 Å². The van der Waals surface area contributed by atoms with Gasteiger partial charge in [0.1, 0.15) is 11.5 Å². The third-order valence-electron chi connectivity index (χ3n) is 5.37. The molecule has 2 N–H and O–H groups in total. The Morgan fingerprint density at radius 1 is 1.12 bits per heavy atom. The molecule has 5 rings (SSSR count). The Labute approximate surface area is 194 Å². The van der Waals surface area contributed by atoms with E-state index in [-0.39, 0.29) is 6.54 Å². The van der Waals surface area contributed by atoms with Crippen molar-refractivity contribution in [2.24, 2.45) is 0 Å². The highest BCUT2D eigenvalue weighted by Crippen LogP contribution is 2.30. The van der Waals surface area contributed by atoms with E-state index < -0.39 is 15.8 Å². The minimum Gasteiger partial charge on any atom is -0.298 e. The number of fused-ring (bicyclic) bond motifs is 1. The normalized spacial score (nSPS) is 11.9. The van der Waals surface area contributed by atoms with Gasteiger partial charge in [0, 0.05) is 42.3 Å².